The molecule has 2 fully saturated rings. The number of aldehydes is 1. The van der Waals surface area contributed by atoms with Gasteiger partial charge in [-0.1, -0.05) is 20.3 Å². The van der Waals surface area contributed by atoms with Crippen molar-refractivity contribution in [1.82, 2.24) is 0 Å². The molecule has 0 radical (unpaired) electrons. The maximum absolute atomic E-state index is 10.7. The zero-order valence-corrected chi connectivity index (χ0v) is 10.5. The number of hydrogen-bond donors (Lipinski definition) is 1. The minimum Gasteiger partial charge on any atom is -0.393 e. The number of fused-ring (bicyclic) bond motifs is 1. The van der Waals surface area contributed by atoms with E-state index in [2.05, 4.69) is 13.8 Å². The summed E-state index contributed by atoms with van der Waals surface area (Å²) in [5, 5.41) is 10.1. The van der Waals surface area contributed by atoms with Crippen molar-refractivity contribution in [2.45, 2.75) is 58.5 Å². The van der Waals surface area contributed by atoms with Gasteiger partial charge in [0.1, 0.15) is 6.29 Å². The van der Waals surface area contributed by atoms with Gasteiger partial charge in [0.2, 0.25) is 0 Å². The normalized spacial score (nSPS) is 45.1. The Balaban J connectivity index is 2.14. The monoisotopic (exact) mass is 224 g/mol. The molecule has 2 aliphatic carbocycles. The molecule has 2 unspecified atom stereocenters. The van der Waals surface area contributed by atoms with Crippen LogP contribution in [0.2, 0.25) is 0 Å². The van der Waals surface area contributed by atoms with E-state index in [1.54, 1.807) is 0 Å². The Hall–Kier alpha value is -0.370. The van der Waals surface area contributed by atoms with Crippen LogP contribution in [0.3, 0.4) is 0 Å². The number of aliphatic hydroxyl groups excluding tert-OH is 1. The van der Waals surface area contributed by atoms with Gasteiger partial charge in [-0.05, 0) is 48.9 Å². The Morgan fingerprint density at radius 1 is 1.44 bits per heavy atom. The maximum Gasteiger partial charge on any atom is 0.120 e. The summed E-state index contributed by atoms with van der Waals surface area (Å²) >= 11 is 0. The van der Waals surface area contributed by atoms with Crippen LogP contribution in [0.5, 0.6) is 0 Å². The molecule has 92 valence electrons. The second-order valence-electron chi connectivity index (χ2n) is 6.14. The summed E-state index contributed by atoms with van der Waals surface area (Å²) in [6, 6.07) is 0. The van der Waals surface area contributed by atoms with Crippen LogP contribution in [0.4, 0.5) is 0 Å². The summed E-state index contributed by atoms with van der Waals surface area (Å²) in [5.41, 5.74) is 0.292. The van der Waals surface area contributed by atoms with E-state index in [1.807, 2.05) is 0 Å². The van der Waals surface area contributed by atoms with Crippen molar-refractivity contribution in [2.24, 2.45) is 23.2 Å². The van der Waals surface area contributed by atoms with E-state index in [4.69, 9.17) is 0 Å². The van der Waals surface area contributed by atoms with Gasteiger partial charge in [0.05, 0.1) is 6.10 Å². The summed E-state index contributed by atoms with van der Waals surface area (Å²) in [7, 11) is 0. The van der Waals surface area contributed by atoms with E-state index in [0.717, 1.165) is 25.5 Å². The molecular formula is C14H24O2. The summed E-state index contributed by atoms with van der Waals surface area (Å²) < 4.78 is 0. The number of carbonyl (C=O) groups excluding carboxylic acids is 1. The van der Waals surface area contributed by atoms with Crippen LogP contribution in [-0.4, -0.2) is 17.5 Å². The van der Waals surface area contributed by atoms with Crippen molar-refractivity contribution in [2.75, 3.05) is 0 Å². The van der Waals surface area contributed by atoms with Gasteiger partial charge in [0.15, 0.2) is 0 Å². The lowest BCUT2D eigenvalue weighted by atomic mass is 9.61. The molecule has 5 atom stereocenters. The third-order valence-corrected chi connectivity index (χ3v) is 5.32. The highest BCUT2D eigenvalue weighted by atomic mass is 16.3. The molecule has 2 rings (SSSR count). The fraction of sp³-hybridized carbons (Fsp3) is 0.929. The van der Waals surface area contributed by atoms with Gasteiger partial charge in [-0.25, -0.2) is 0 Å². The smallest absolute Gasteiger partial charge is 0.120 e. The molecule has 16 heavy (non-hydrogen) atoms. The first-order valence-corrected chi connectivity index (χ1v) is 6.71. The maximum atomic E-state index is 10.7. The third-order valence-electron chi connectivity index (χ3n) is 5.32. The molecule has 0 aromatic heterocycles. The molecule has 2 nitrogen and oxygen atoms in total. The summed E-state index contributed by atoms with van der Waals surface area (Å²) in [5.74, 6) is 1.61. The topological polar surface area (TPSA) is 37.3 Å². The Morgan fingerprint density at radius 2 is 2.19 bits per heavy atom. The zero-order chi connectivity index (χ0) is 11.8. The van der Waals surface area contributed by atoms with E-state index in [1.165, 1.54) is 12.8 Å². The van der Waals surface area contributed by atoms with Gasteiger partial charge >= 0.3 is 0 Å². The SMILES string of the molecule is C[C@H](CC=O)[C@H]1CCC2C(O)CCC[C@]21C. The molecular weight excluding hydrogens is 200 g/mol. The lowest BCUT2D eigenvalue weighted by Gasteiger charge is -2.45. The van der Waals surface area contributed by atoms with Gasteiger partial charge in [-0.15, -0.1) is 0 Å². The highest BCUT2D eigenvalue weighted by molar-refractivity contribution is 5.49. The van der Waals surface area contributed by atoms with E-state index >= 15 is 0 Å². The van der Waals surface area contributed by atoms with E-state index in [9.17, 15) is 9.90 Å². The molecule has 1 N–H and O–H groups in total. The largest absolute Gasteiger partial charge is 0.393 e. The van der Waals surface area contributed by atoms with Crippen molar-refractivity contribution in [3.63, 3.8) is 0 Å². The summed E-state index contributed by atoms with van der Waals surface area (Å²) in [6.07, 6.45) is 7.38. The van der Waals surface area contributed by atoms with Gasteiger partial charge in [-0.3, -0.25) is 0 Å². The predicted octanol–water partition coefficient (Wildman–Crippen LogP) is 2.79. The molecule has 0 aromatic carbocycles. The van der Waals surface area contributed by atoms with Gasteiger partial charge in [0.25, 0.3) is 0 Å². The average molecular weight is 224 g/mol. The quantitative estimate of drug-likeness (QED) is 0.748. The number of rotatable bonds is 3. The first-order valence-electron chi connectivity index (χ1n) is 6.71. The van der Waals surface area contributed by atoms with Crippen molar-refractivity contribution in [1.29, 1.82) is 0 Å². The fourth-order valence-electron chi connectivity index (χ4n) is 4.44. The van der Waals surface area contributed by atoms with Crippen LogP contribution < -0.4 is 0 Å². The van der Waals surface area contributed by atoms with Crippen molar-refractivity contribution < 1.29 is 9.90 Å². The lowest BCUT2D eigenvalue weighted by molar-refractivity contribution is -0.109. The highest BCUT2D eigenvalue weighted by Gasteiger charge is 2.51. The number of hydrogen-bond acceptors (Lipinski definition) is 2. The molecule has 0 aliphatic heterocycles. The highest BCUT2D eigenvalue weighted by Crippen LogP contribution is 2.57. The molecule has 0 aromatic rings. The van der Waals surface area contributed by atoms with Gasteiger partial charge < -0.3 is 9.90 Å². The minimum atomic E-state index is -0.0906. The zero-order valence-electron chi connectivity index (χ0n) is 10.5. The third kappa shape index (κ3) is 1.81. The summed E-state index contributed by atoms with van der Waals surface area (Å²) in [4.78, 5) is 10.7. The molecule has 2 aliphatic rings. The van der Waals surface area contributed by atoms with E-state index in [0.29, 0.717) is 29.6 Å². The van der Waals surface area contributed by atoms with Crippen molar-refractivity contribution >= 4 is 6.29 Å². The standard InChI is InChI=1S/C14H24O2/c1-10(7-9-15)11-5-6-12-13(16)4-3-8-14(11,12)2/h9-13,16H,3-8H2,1-2H3/t10-,11-,12?,13?,14+/m1/s1. The van der Waals surface area contributed by atoms with Gasteiger partial charge in [0, 0.05) is 6.42 Å². The van der Waals surface area contributed by atoms with Gasteiger partial charge in [-0.2, -0.15) is 0 Å². The van der Waals surface area contributed by atoms with Crippen LogP contribution in [0.1, 0.15) is 52.4 Å². The number of carbonyl (C=O) groups is 1. The van der Waals surface area contributed by atoms with Crippen LogP contribution in [-0.2, 0) is 4.79 Å². The Morgan fingerprint density at radius 3 is 2.88 bits per heavy atom. The molecule has 0 heterocycles. The molecule has 0 spiro atoms. The second kappa shape index (κ2) is 4.48. The fourth-order valence-corrected chi connectivity index (χ4v) is 4.44. The van der Waals surface area contributed by atoms with Crippen LogP contribution in [0, 0.1) is 23.2 Å². The minimum absolute atomic E-state index is 0.0906. The van der Waals surface area contributed by atoms with Crippen LogP contribution >= 0.6 is 0 Å². The average Bonchev–Trinajstić information content (AvgIpc) is 2.57. The molecule has 0 saturated heterocycles. The van der Waals surface area contributed by atoms with E-state index < -0.39 is 0 Å². The first kappa shape index (κ1) is 12.1. The molecule has 0 amide bonds. The lowest BCUT2D eigenvalue weighted by Crippen LogP contribution is -2.41. The Labute approximate surface area is 98.4 Å². The summed E-state index contributed by atoms with van der Waals surface area (Å²) in [6.45, 7) is 4.55. The van der Waals surface area contributed by atoms with Crippen LogP contribution in [0.15, 0.2) is 0 Å². The predicted molar refractivity (Wildman–Crippen MR) is 64.0 cm³/mol. The molecule has 2 saturated carbocycles. The molecule has 0 bridgehead atoms. The Bertz CT molecular complexity index is 263. The van der Waals surface area contributed by atoms with Crippen LogP contribution in [0.25, 0.3) is 0 Å². The van der Waals surface area contributed by atoms with E-state index in [-0.39, 0.29) is 6.10 Å². The van der Waals surface area contributed by atoms with Crippen molar-refractivity contribution in [3.8, 4) is 0 Å². The van der Waals surface area contributed by atoms with Crippen molar-refractivity contribution in [3.05, 3.63) is 0 Å². The Kier molecular flexibility index (Phi) is 3.39. The first-order chi connectivity index (χ1) is 7.59. The number of aliphatic hydroxyl groups is 1. The molecule has 2 heteroatoms. The second-order valence-corrected chi connectivity index (χ2v) is 6.14.